The van der Waals surface area contributed by atoms with Crippen LogP contribution in [0.3, 0.4) is 0 Å². The lowest BCUT2D eigenvalue weighted by atomic mass is 10.1. The Hall–Kier alpha value is -3.55. The van der Waals surface area contributed by atoms with Gasteiger partial charge >= 0.3 is 0 Å². The van der Waals surface area contributed by atoms with E-state index in [2.05, 4.69) is 29.3 Å². The van der Waals surface area contributed by atoms with Crippen LogP contribution in [0.5, 0.6) is 17.2 Å². The van der Waals surface area contributed by atoms with Crippen molar-refractivity contribution in [1.29, 1.82) is 0 Å². The van der Waals surface area contributed by atoms with Gasteiger partial charge < -0.3 is 24.3 Å². The van der Waals surface area contributed by atoms with Gasteiger partial charge in [0.25, 0.3) is 5.91 Å². The number of morpholine rings is 1. The number of hydrogen-bond acceptors (Lipinski definition) is 6. The summed E-state index contributed by atoms with van der Waals surface area (Å²) >= 11 is 0. The van der Waals surface area contributed by atoms with Crippen LogP contribution in [-0.2, 0) is 24.4 Å². The summed E-state index contributed by atoms with van der Waals surface area (Å²) in [6.45, 7) is 6.37. The minimum absolute atomic E-state index is 0.214. The van der Waals surface area contributed by atoms with Gasteiger partial charge in [-0.1, -0.05) is 54.6 Å². The first-order chi connectivity index (χ1) is 17.6. The van der Waals surface area contributed by atoms with Crippen LogP contribution in [0.1, 0.15) is 34.0 Å². The zero-order valence-electron chi connectivity index (χ0n) is 21.2. The molecule has 3 aromatic carbocycles. The average Bonchev–Trinajstić information content (AvgIpc) is 2.91. The third-order valence-corrected chi connectivity index (χ3v) is 6.12. The summed E-state index contributed by atoms with van der Waals surface area (Å²) in [5.41, 5.74) is 3.73. The Morgan fingerprint density at radius 2 is 1.67 bits per heavy atom. The van der Waals surface area contributed by atoms with Crippen molar-refractivity contribution in [2.24, 2.45) is 0 Å². The van der Waals surface area contributed by atoms with Crippen molar-refractivity contribution in [3.63, 3.8) is 0 Å². The predicted octanol–water partition coefficient (Wildman–Crippen LogP) is 4.43. The Balaban J connectivity index is 1.40. The Kier molecular flexibility index (Phi) is 8.81. The second kappa shape index (κ2) is 12.4. The van der Waals surface area contributed by atoms with Crippen LogP contribution < -0.4 is 19.5 Å². The van der Waals surface area contributed by atoms with Crippen molar-refractivity contribution in [3.05, 3.63) is 89.0 Å². The van der Waals surface area contributed by atoms with E-state index in [0.717, 1.165) is 37.4 Å². The van der Waals surface area contributed by atoms with Gasteiger partial charge in [-0.3, -0.25) is 9.69 Å². The third-order valence-electron chi connectivity index (χ3n) is 6.12. The Morgan fingerprint density at radius 1 is 0.972 bits per heavy atom. The quantitative estimate of drug-likeness (QED) is 0.453. The second-order valence-electron chi connectivity index (χ2n) is 8.90. The van der Waals surface area contributed by atoms with Crippen molar-refractivity contribution in [3.8, 4) is 17.2 Å². The summed E-state index contributed by atoms with van der Waals surface area (Å²) in [6, 6.07) is 21.5. The number of nitrogens with one attached hydrogen (secondary N) is 1. The number of benzene rings is 3. The molecular formula is C29H34N2O5. The molecule has 7 heteroatoms. The molecule has 4 rings (SSSR count). The van der Waals surface area contributed by atoms with Crippen LogP contribution in [0.15, 0.2) is 66.7 Å². The number of carbonyl (C=O) groups is 1. The lowest BCUT2D eigenvalue weighted by molar-refractivity contribution is -0.0212. The number of ether oxygens (including phenoxy) is 4. The van der Waals surface area contributed by atoms with Gasteiger partial charge in [-0.05, 0) is 35.7 Å². The maximum absolute atomic E-state index is 13.0. The molecule has 1 fully saturated rings. The first-order valence-electron chi connectivity index (χ1n) is 12.2. The van der Waals surface area contributed by atoms with Gasteiger partial charge in [-0.15, -0.1) is 0 Å². The molecular weight excluding hydrogens is 456 g/mol. The van der Waals surface area contributed by atoms with Crippen molar-refractivity contribution >= 4 is 5.91 Å². The Labute approximate surface area is 212 Å². The molecule has 36 heavy (non-hydrogen) atoms. The summed E-state index contributed by atoms with van der Waals surface area (Å²) in [5, 5.41) is 3.01. The van der Waals surface area contributed by atoms with Crippen molar-refractivity contribution in [1.82, 2.24) is 10.2 Å². The maximum atomic E-state index is 13.0. The highest BCUT2D eigenvalue weighted by Gasteiger charge is 2.19. The van der Waals surface area contributed by atoms with Crippen LogP contribution in [0.2, 0.25) is 0 Å². The summed E-state index contributed by atoms with van der Waals surface area (Å²) in [5.74, 6) is 1.13. The van der Waals surface area contributed by atoms with Crippen molar-refractivity contribution < 1.29 is 23.7 Å². The summed E-state index contributed by atoms with van der Waals surface area (Å²) in [6.07, 6.45) is 0.255. The molecule has 3 aromatic rings. The number of hydrogen-bond donors (Lipinski definition) is 1. The number of amides is 1. The molecule has 0 aliphatic carbocycles. The van der Waals surface area contributed by atoms with Crippen LogP contribution in [-0.4, -0.2) is 50.8 Å². The van der Waals surface area contributed by atoms with Crippen molar-refractivity contribution in [2.45, 2.75) is 32.7 Å². The molecule has 1 aliphatic heterocycles. The zero-order valence-corrected chi connectivity index (χ0v) is 21.2. The minimum Gasteiger partial charge on any atom is -0.493 e. The molecule has 190 valence electrons. The van der Waals surface area contributed by atoms with Crippen LogP contribution in [0.4, 0.5) is 0 Å². The van der Waals surface area contributed by atoms with E-state index < -0.39 is 0 Å². The van der Waals surface area contributed by atoms with E-state index in [1.54, 1.807) is 26.4 Å². The lowest BCUT2D eigenvalue weighted by Gasteiger charge is -2.31. The Morgan fingerprint density at radius 3 is 2.36 bits per heavy atom. The third kappa shape index (κ3) is 6.77. The van der Waals surface area contributed by atoms with E-state index in [4.69, 9.17) is 18.9 Å². The molecule has 0 bridgehead atoms. The normalized spacial score (nSPS) is 15.8. The van der Waals surface area contributed by atoms with E-state index in [0.29, 0.717) is 36.0 Å². The summed E-state index contributed by atoms with van der Waals surface area (Å²) < 4.78 is 22.7. The molecule has 7 nitrogen and oxygen atoms in total. The molecule has 0 radical (unpaired) electrons. The summed E-state index contributed by atoms with van der Waals surface area (Å²) in [7, 11) is 3.10. The highest BCUT2D eigenvalue weighted by atomic mass is 16.5. The van der Waals surface area contributed by atoms with Gasteiger partial charge in [0.2, 0.25) is 5.75 Å². The van der Waals surface area contributed by atoms with Gasteiger partial charge in [0.15, 0.2) is 11.5 Å². The number of rotatable bonds is 10. The van der Waals surface area contributed by atoms with E-state index in [1.807, 2.05) is 42.5 Å². The Bertz CT molecular complexity index is 1130. The van der Waals surface area contributed by atoms with E-state index >= 15 is 0 Å². The highest BCUT2D eigenvalue weighted by molar-refractivity contribution is 5.95. The first kappa shape index (κ1) is 25.5. The van der Waals surface area contributed by atoms with Crippen LogP contribution in [0, 0.1) is 0 Å². The highest BCUT2D eigenvalue weighted by Crippen LogP contribution is 2.39. The van der Waals surface area contributed by atoms with E-state index in [-0.39, 0.29) is 12.0 Å². The topological polar surface area (TPSA) is 69.3 Å². The lowest BCUT2D eigenvalue weighted by Crippen LogP contribution is -2.40. The fourth-order valence-corrected chi connectivity index (χ4v) is 4.30. The largest absolute Gasteiger partial charge is 0.493 e. The minimum atomic E-state index is -0.214. The van der Waals surface area contributed by atoms with Crippen molar-refractivity contribution in [2.75, 3.05) is 33.9 Å². The van der Waals surface area contributed by atoms with Gasteiger partial charge in [0.05, 0.1) is 26.9 Å². The number of carbonyl (C=O) groups excluding carboxylic acids is 1. The molecule has 1 atom stereocenters. The molecule has 1 saturated heterocycles. The standard InChI is InChI=1S/C29H34N2O5/c1-21-18-31(12-13-35-21)19-24-11-7-10-23(14-24)17-30-29(32)25-15-26(33-2)28(27(16-25)34-3)36-20-22-8-5-4-6-9-22/h4-11,14-16,21H,12-13,17-20H2,1-3H3,(H,30,32). The smallest absolute Gasteiger partial charge is 0.251 e. The number of nitrogens with zero attached hydrogens (tertiary/aromatic N) is 1. The molecule has 1 N–H and O–H groups in total. The van der Waals surface area contributed by atoms with Crippen LogP contribution >= 0.6 is 0 Å². The van der Waals surface area contributed by atoms with Crippen LogP contribution in [0.25, 0.3) is 0 Å². The van der Waals surface area contributed by atoms with E-state index in [9.17, 15) is 4.79 Å². The second-order valence-corrected chi connectivity index (χ2v) is 8.90. The average molecular weight is 491 g/mol. The molecule has 1 amide bonds. The van der Waals surface area contributed by atoms with Gasteiger partial charge in [0.1, 0.15) is 6.61 Å². The van der Waals surface area contributed by atoms with E-state index in [1.165, 1.54) is 5.56 Å². The SMILES string of the molecule is COc1cc(C(=O)NCc2cccc(CN3CCOC(C)C3)c2)cc(OC)c1OCc1ccccc1. The molecule has 1 unspecified atom stereocenters. The zero-order chi connectivity index (χ0) is 25.3. The summed E-state index contributed by atoms with van der Waals surface area (Å²) in [4.78, 5) is 15.4. The predicted molar refractivity (Wildman–Crippen MR) is 139 cm³/mol. The van der Waals surface area contributed by atoms with Gasteiger partial charge in [-0.25, -0.2) is 0 Å². The van der Waals surface area contributed by atoms with Gasteiger partial charge in [-0.2, -0.15) is 0 Å². The first-order valence-corrected chi connectivity index (χ1v) is 12.2. The maximum Gasteiger partial charge on any atom is 0.251 e. The molecule has 0 saturated carbocycles. The molecule has 1 aliphatic rings. The monoisotopic (exact) mass is 490 g/mol. The molecule has 0 aromatic heterocycles. The fourth-order valence-electron chi connectivity index (χ4n) is 4.30. The fraction of sp³-hybridized carbons (Fsp3) is 0.345. The number of methoxy groups -OCH3 is 2. The molecule has 0 spiro atoms. The van der Waals surface area contributed by atoms with Gasteiger partial charge in [0, 0.05) is 31.7 Å². The molecule has 1 heterocycles.